The van der Waals surface area contributed by atoms with Crippen molar-refractivity contribution >= 4 is 11.6 Å². The third-order valence-electron chi connectivity index (χ3n) is 6.45. The molecule has 170 valence electrons. The van der Waals surface area contributed by atoms with Crippen LogP contribution in [0.5, 0.6) is 11.5 Å². The van der Waals surface area contributed by atoms with E-state index in [9.17, 15) is 4.79 Å². The van der Waals surface area contributed by atoms with Crippen LogP contribution < -0.4 is 14.8 Å². The largest absolute Gasteiger partial charge is 0.454 e. The summed E-state index contributed by atoms with van der Waals surface area (Å²) in [5.74, 6) is 1.67. The number of hydrogen-bond donors (Lipinski definition) is 1. The maximum absolute atomic E-state index is 13.1. The van der Waals surface area contributed by atoms with Crippen LogP contribution in [0.4, 0.5) is 5.69 Å². The minimum absolute atomic E-state index is 0.0302. The summed E-state index contributed by atoms with van der Waals surface area (Å²) in [7, 11) is 0. The van der Waals surface area contributed by atoms with E-state index in [1.165, 1.54) is 5.56 Å². The number of carbonyl (C=O) groups excluding carboxylic acids is 1. The number of amides is 1. The second-order valence-corrected chi connectivity index (χ2v) is 8.58. The lowest BCUT2D eigenvalue weighted by Gasteiger charge is -2.37. The zero-order chi connectivity index (χ0) is 22.6. The molecule has 1 fully saturated rings. The van der Waals surface area contributed by atoms with Gasteiger partial charge in [-0.2, -0.15) is 0 Å². The van der Waals surface area contributed by atoms with Crippen molar-refractivity contribution in [1.29, 1.82) is 0 Å². The van der Waals surface area contributed by atoms with Crippen LogP contribution in [0.3, 0.4) is 0 Å². The van der Waals surface area contributed by atoms with Gasteiger partial charge in [0.05, 0.1) is 6.04 Å². The average Bonchev–Trinajstić information content (AvgIpc) is 3.33. The summed E-state index contributed by atoms with van der Waals surface area (Å²) in [5, 5.41) is 3.16. The van der Waals surface area contributed by atoms with Gasteiger partial charge in [-0.15, -0.1) is 0 Å². The van der Waals surface area contributed by atoms with Gasteiger partial charge in [-0.3, -0.25) is 14.6 Å². The van der Waals surface area contributed by atoms with Crippen LogP contribution in [-0.4, -0.2) is 54.7 Å². The van der Waals surface area contributed by atoms with Crippen molar-refractivity contribution in [2.45, 2.75) is 19.5 Å². The third kappa shape index (κ3) is 4.87. The van der Waals surface area contributed by atoms with E-state index < -0.39 is 0 Å². The first-order valence-electron chi connectivity index (χ1n) is 11.5. The Morgan fingerprint density at radius 3 is 2.45 bits per heavy atom. The summed E-state index contributed by atoms with van der Waals surface area (Å²) >= 11 is 0. The Morgan fingerprint density at radius 2 is 1.64 bits per heavy atom. The number of hydrogen-bond acceptors (Lipinski definition) is 5. The first-order valence-corrected chi connectivity index (χ1v) is 11.5. The molecule has 1 atom stereocenters. The number of para-hydroxylation sites is 1. The molecule has 3 aromatic carbocycles. The number of anilines is 1. The van der Waals surface area contributed by atoms with E-state index in [-0.39, 0.29) is 11.9 Å². The van der Waals surface area contributed by atoms with Crippen LogP contribution in [0.15, 0.2) is 72.8 Å². The molecule has 33 heavy (non-hydrogen) atoms. The van der Waals surface area contributed by atoms with Crippen LogP contribution in [0.2, 0.25) is 0 Å². The van der Waals surface area contributed by atoms with Gasteiger partial charge < -0.3 is 14.8 Å². The fourth-order valence-electron chi connectivity index (χ4n) is 4.47. The van der Waals surface area contributed by atoms with Crippen molar-refractivity contribution in [3.8, 4) is 22.6 Å². The fourth-order valence-corrected chi connectivity index (χ4v) is 4.47. The predicted octanol–water partition coefficient (Wildman–Crippen LogP) is 4.23. The van der Waals surface area contributed by atoms with Gasteiger partial charge in [-0.1, -0.05) is 54.6 Å². The average molecular weight is 444 g/mol. The lowest BCUT2D eigenvalue weighted by atomic mass is 10.0. The SMILES string of the molecule is C[C@H](C(=O)Nc1ccccc1-c1ccccc1)N1CCN(Cc2ccc3c(c2)OCO3)CC1. The van der Waals surface area contributed by atoms with Crippen LogP contribution >= 0.6 is 0 Å². The summed E-state index contributed by atoms with van der Waals surface area (Å²) < 4.78 is 10.9. The molecule has 0 bridgehead atoms. The van der Waals surface area contributed by atoms with Gasteiger partial charge in [0, 0.05) is 44.0 Å². The Morgan fingerprint density at radius 1 is 0.909 bits per heavy atom. The molecule has 5 rings (SSSR count). The Kier molecular flexibility index (Phi) is 6.28. The van der Waals surface area contributed by atoms with Gasteiger partial charge >= 0.3 is 0 Å². The van der Waals surface area contributed by atoms with Gasteiger partial charge in [0.2, 0.25) is 12.7 Å². The monoisotopic (exact) mass is 443 g/mol. The summed E-state index contributed by atoms with van der Waals surface area (Å²) in [6.45, 7) is 6.73. The molecule has 0 radical (unpaired) electrons. The van der Waals surface area contributed by atoms with Gasteiger partial charge in [0.25, 0.3) is 0 Å². The molecule has 0 aliphatic carbocycles. The Bertz CT molecular complexity index is 1110. The summed E-state index contributed by atoms with van der Waals surface area (Å²) in [6, 6.07) is 24.1. The van der Waals surface area contributed by atoms with E-state index in [0.29, 0.717) is 6.79 Å². The highest BCUT2D eigenvalue weighted by Crippen LogP contribution is 2.33. The fraction of sp³-hybridized carbons (Fsp3) is 0.296. The molecule has 2 heterocycles. The molecule has 6 heteroatoms. The van der Waals surface area contributed by atoms with E-state index in [2.05, 4.69) is 39.4 Å². The van der Waals surface area contributed by atoms with Crippen molar-refractivity contribution in [1.82, 2.24) is 9.80 Å². The number of carbonyl (C=O) groups is 1. The predicted molar refractivity (Wildman–Crippen MR) is 129 cm³/mol. The molecule has 0 aromatic heterocycles. The number of fused-ring (bicyclic) bond motifs is 1. The summed E-state index contributed by atoms with van der Waals surface area (Å²) in [4.78, 5) is 17.8. The van der Waals surface area contributed by atoms with Crippen molar-refractivity contribution in [3.63, 3.8) is 0 Å². The topological polar surface area (TPSA) is 54.0 Å². The molecule has 1 amide bonds. The molecule has 0 spiro atoms. The number of nitrogens with one attached hydrogen (secondary N) is 1. The standard InChI is InChI=1S/C27H29N3O3/c1-20(27(31)28-24-10-6-5-9-23(24)22-7-3-2-4-8-22)30-15-13-29(14-16-30)18-21-11-12-25-26(17-21)33-19-32-25/h2-12,17,20H,13-16,18-19H2,1H3,(H,28,31)/t20-/m1/s1. The Hall–Kier alpha value is -3.35. The smallest absolute Gasteiger partial charge is 0.241 e. The highest BCUT2D eigenvalue weighted by atomic mass is 16.7. The Balaban J connectivity index is 1.17. The van der Waals surface area contributed by atoms with Crippen molar-refractivity contribution in [3.05, 3.63) is 78.4 Å². The van der Waals surface area contributed by atoms with Crippen molar-refractivity contribution in [2.75, 3.05) is 38.3 Å². The van der Waals surface area contributed by atoms with Crippen LogP contribution in [-0.2, 0) is 11.3 Å². The van der Waals surface area contributed by atoms with E-state index >= 15 is 0 Å². The van der Waals surface area contributed by atoms with Crippen LogP contribution in [0, 0.1) is 0 Å². The number of piperazine rings is 1. The molecule has 2 aliphatic heterocycles. The second kappa shape index (κ2) is 9.65. The van der Waals surface area contributed by atoms with Crippen molar-refractivity contribution in [2.24, 2.45) is 0 Å². The second-order valence-electron chi connectivity index (χ2n) is 8.58. The molecule has 3 aromatic rings. The van der Waals surface area contributed by atoms with Crippen LogP contribution in [0.25, 0.3) is 11.1 Å². The minimum Gasteiger partial charge on any atom is -0.454 e. The lowest BCUT2D eigenvalue weighted by molar-refractivity contribution is -0.121. The number of ether oxygens (including phenoxy) is 2. The molecule has 1 saturated heterocycles. The molecular weight excluding hydrogens is 414 g/mol. The van der Waals surface area contributed by atoms with Crippen molar-refractivity contribution < 1.29 is 14.3 Å². The minimum atomic E-state index is -0.193. The molecule has 6 nitrogen and oxygen atoms in total. The number of rotatable bonds is 6. The number of nitrogens with zero attached hydrogens (tertiary/aromatic N) is 2. The molecular formula is C27H29N3O3. The highest BCUT2D eigenvalue weighted by Gasteiger charge is 2.26. The Labute approximate surface area is 194 Å². The van der Waals surface area contributed by atoms with Gasteiger partial charge in [0.15, 0.2) is 11.5 Å². The van der Waals surface area contributed by atoms with E-state index in [0.717, 1.165) is 61.0 Å². The van der Waals surface area contributed by atoms with Crippen LogP contribution in [0.1, 0.15) is 12.5 Å². The van der Waals surface area contributed by atoms with Gasteiger partial charge in [0.1, 0.15) is 0 Å². The first-order chi connectivity index (χ1) is 16.2. The van der Waals surface area contributed by atoms with E-state index in [4.69, 9.17) is 9.47 Å². The first kappa shape index (κ1) is 21.5. The third-order valence-corrected chi connectivity index (χ3v) is 6.45. The normalized spacial score (nSPS) is 17.0. The van der Waals surface area contributed by atoms with E-state index in [1.807, 2.05) is 55.5 Å². The quantitative estimate of drug-likeness (QED) is 0.618. The summed E-state index contributed by atoms with van der Waals surface area (Å²) in [5.41, 5.74) is 4.20. The summed E-state index contributed by atoms with van der Waals surface area (Å²) in [6.07, 6.45) is 0. The highest BCUT2D eigenvalue weighted by molar-refractivity contribution is 5.98. The molecule has 2 aliphatic rings. The lowest BCUT2D eigenvalue weighted by Crippen LogP contribution is -2.52. The van der Waals surface area contributed by atoms with Gasteiger partial charge in [-0.25, -0.2) is 0 Å². The zero-order valence-electron chi connectivity index (χ0n) is 18.9. The molecule has 0 saturated carbocycles. The zero-order valence-corrected chi connectivity index (χ0v) is 18.9. The maximum Gasteiger partial charge on any atom is 0.241 e. The number of benzene rings is 3. The molecule has 0 unspecified atom stereocenters. The van der Waals surface area contributed by atoms with Gasteiger partial charge in [-0.05, 0) is 36.2 Å². The molecule has 1 N–H and O–H groups in total. The van der Waals surface area contributed by atoms with E-state index in [1.54, 1.807) is 0 Å². The maximum atomic E-state index is 13.1.